The van der Waals surface area contributed by atoms with Crippen molar-refractivity contribution < 1.29 is 4.79 Å². The van der Waals surface area contributed by atoms with E-state index in [9.17, 15) is 4.79 Å². The average Bonchev–Trinajstić information content (AvgIpc) is 2.55. The van der Waals surface area contributed by atoms with Crippen LogP contribution in [-0.2, 0) is 4.79 Å². The van der Waals surface area contributed by atoms with Crippen LogP contribution in [0.25, 0.3) is 0 Å². The maximum absolute atomic E-state index is 12.1. The predicted octanol–water partition coefficient (Wildman–Crippen LogP) is 3.45. The van der Waals surface area contributed by atoms with Crippen molar-refractivity contribution in [1.82, 2.24) is 5.32 Å². The molecule has 22 heavy (non-hydrogen) atoms. The summed E-state index contributed by atoms with van der Waals surface area (Å²) in [4.78, 5) is 14.4. The van der Waals surface area contributed by atoms with Gasteiger partial charge in [-0.25, -0.2) is 0 Å². The van der Waals surface area contributed by atoms with Crippen molar-refractivity contribution in [3.05, 3.63) is 28.2 Å². The molecule has 0 bridgehead atoms. The molecule has 0 aromatic heterocycles. The number of nitriles is 1. The average molecular weight is 364 g/mol. The fourth-order valence-corrected chi connectivity index (χ4v) is 3.38. The Balaban J connectivity index is 1.89. The lowest BCUT2D eigenvalue weighted by molar-refractivity contribution is -0.125. The van der Waals surface area contributed by atoms with Crippen molar-refractivity contribution in [2.45, 2.75) is 32.6 Å². The fraction of sp³-hybridized carbons (Fsp3) is 0.529. The normalized spacial score (nSPS) is 15.4. The molecule has 118 valence electrons. The van der Waals surface area contributed by atoms with Gasteiger partial charge in [0.05, 0.1) is 17.3 Å². The number of amides is 1. The summed E-state index contributed by atoms with van der Waals surface area (Å²) < 4.78 is 0.942. The number of halogens is 1. The van der Waals surface area contributed by atoms with E-state index in [-0.39, 0.29) is 11.8 Å². The first-order valence-electron chi connectivity index (χ1n) is 7.88. The van der Waals surface area contributed by atoms with Gasteiger partial charge in [-0.05, 0) is 53.4 Å². The van der Waals surface area contributed by atoms with Gasteiger partial charge in [-0.2, -0.15) is 5.26 Å². The third-order valence-corrected chi connectivity index (χ3v) is 4.75. The van der Waals surface area contributed by atoms with Gasteiger partial charge in [0.15, 0.2) is 0 Å². The summed E-state index contributed by atoms with van der Waals surface area (Å²) in [6, 6.07) is 7.80. The van der Waals surface area contributed by atoms with Crippen LogP contribution in [-0.4, -0.2) is 25.5 Å². The maximum Gasteiger partial charge on any atom is 0.223 e. The van der Waals surface area contributed by atoms with Gasteiger partial charge in [-0.1, -0.05) is 13.3 Å². The van der Waals surface area contributed by atoms with E-state index in [4.69, 9.17) is 5.26 Å². The predicted molar refractivity (Wildman–Crippen MR) is 91.7 cm³/mol. The van der Waals surface area contributed by atoms with Crippen LogP contribution in [0.3, 0.4) is 0 Å². The number of piperidine rings is 1. The molecular formula is C17H22BrN3O. The zero-order valence-corrected chi connectivity index (χ0v) is 14.5. The van der Waals surface area contributed by atoms with Crippen LogP contribution in [0.15, 0.2) is 22.7 Å². The van der Waals surface area contributed by atoms with Crippen molar-refractivity contribution in [2.24, 2.45) is 5.92 Å². The number of carbonyl (C=O) groups is 1. The molecule has 0 atom stereocenters. The Labute approximate surface area is 140 Å². The Bertz CT molecular complexity index is 560. The van der Waals surface area contributed by atoms with Crippen LogP contribution in [0.5, 0.6) is 0 Å². The summed E-state index contributed by atoms with van der Waals surface area (Å²) >= 11 is 3.54. The van der Waals surface area contributed by atoms with Crippen molar-refractivity contribution in [1.29, 1.82) is 5.26 Å². The lowest BCUT2D eigenvalue weighted by Crippen LogP contribution is -2.40. The number of hydrogen-bond donors (Lipinski definition) is 1. The highest BCUT2D eigenvalue weighted by Gasteiger charge is 2.25. The molecule has 1 amide bonds. The van der Waals surface area contributed by atoms with E-state index in [2.05, 4.69) is 39.1 Å². The molecule has 1 aliphatic rings. The van der Waals surface area contributed by atoms with Crippen LogP contribution in [0.2, 0.25) is 0 Å². The Kier molecular flexibility index (Phi) is 6.26. The minimum Gasteiger partial charge on any atom is -0.371 e. The van der Waals surface area contributed by atoms with Crippen molar-refractivity contribution >= 4 is 27.5 Å². The standard InChI is InChI=1S/C17H22BrN3O/c1-2-3-8-20-17(22)14-6-9-21(10-7-14)16-5-4-13(12-19)11-15(16)18/h4-5,11,14H,2-3,6-10H2,1H3,(H,20,22). The molecule has 5 heteroatoms. The van der Waals surface area contributed by atoms with Crippen LogP contribution < -0.4 is 10.2 Å². The van der Waals surface area contributed by atoms with E-state index in [1.54, 1.807) is 0 Å². The summed E-state index contributed by atoms with van der Waals surface area (Å²) in [5.41, 5.74) is 1.75. The van der Waals surface area contributed by atoms with E-state index in [0.29, 0.717) is 5.56 Å². The van der Waals surface area contributed by atoms with Crippen molar-refractivity contribution in [2.75, 3.05) is 24.5 Å². The van der Waals surface area contributed by atoms with Gasteiger partial charge in [0, 0.05) is 30.0 Å². The summed E-state index contributed by atoms with van der Waals surface area (Å²) in [7, 11) is 0. The first kappa shape index (κ1) is 16.8. The molecule has 1 N–H and O–H groups in total. The van der Waals surface area contributed by atoms with Gasteiger partial charge in [-0.3, -0.25) is 4.79 Å². The number of anilines is 1. The number of carbonyl (C=O) groups excluding carboxylic acids is 1. The molecular weight excluding hydrogens is 342 g/mol. The van der Waals surface area contributed by atoms with Crippen LogP contribution in [0.4, 0.5) is 5.69 Å². The van der Waals surface area contributed by atoms with Gasteiger partial charge in [-0.15, -0.1) is 0 Å². The maximum atomic E-state index is 12.1. The number of nitrogens with zero attached hydrogens (tertiary/aromatic N) is 2. The summed E-state index contributed by atoms with van der Waals surface area (Å²) in [6.07, 6.45) is 3.91. The molecule has 1 aliphatic heterocycles. The molecule has 0 aliphatic carbocycles. The Morgan fingerprint density at radius 1 is 1.45 bits per heavy atom. The molecule has 1 saturated heterocycles. The lowest BCUT2D eigenvalue weighted by Gasteiger charge is -2.33. The molecule has 1 heterocycles. The fourth-order valence-electron chi connectivity index (χ4n) is 2.75. The highest BCUT2D eigenvalue weighted by atomic mass is 79.9. The minimum atomic E-state index is 0.130. The highest BCUT2D eigenvalue weighted by molar-refractivity contribution is 9.10. The largest absolute Gasteiger partial charge is 0.371 e. The third kappa shape index (κ3) is 4.23. The molecule has 1 aromatic carbocycles. The SMILES string of the molecule is CCCCNC(=O)C1CCN(c2ccc(C#N)cc2Br)CC1. The summed E-state index contributed by atoms with van der Waals surface area (Å²) in [6.45, 7) is 4.66. The van der Waals surface area contributed by atoms with E-state index in [0.717, 1.165) is 55.5 Å². The Morgan fingerprint density at radius 3 is 2.77 bits per heavy atom. The van der Waals surface area contributed by atoms with Gasteiger partial charge in [0.25, 0.3) is 0 Å². The van der Waals surface area contributed by atoms with Gasteiger partial charge in [0.2, 0.25) is 5.91 Å². The number of hydrogen-bond acceptors (Lipinski definition) is 3. The quantitative estimate of drug-likeness (QED) is 0.815. The number of rotatable bonds is 5. The molecule has 1 aromatic rings. The van der Waals surface area contributed by atoms with E-state index in [1.807, 2.05) is 18.2 Å². The zero-order valence-electron chi connectivity index (χ0n) is 12.9. The van der Waals surface area contributed by atoms with E-state index >= 15 is 0 Å². The van der Waals surface area contributed by atoms with Gasteiger partial charge >= 0.3 is 0 Å². The van der Waals surface area contributed by atoms with Crippen LogP contribution in [0.1, 0.15) is 38.2 Å². The Morgan fingerprint density at radius 2 is 2.18 bits per heavy atom. The summed E-state index contributed by atoms with van der Waals surface area (Å²) in [5.74, 6) is 0.331. The highest BCUT2D eigenvalue weighted by Crippen LogP contribution is 2.30. The van der Waals surface area contributed by atoms with Gasteiger partial charge < -0.3 is 10.2 Å². The first-order chi connectivity index (χ1) is 10.7. The molecule has 0 saturated carbocycles. The first-order valence-corrected chi connectivity index (χ1v) is 8.67. The smallest absolute Gasteiger partial charge is 0.223 e. The summed E-state index contributed by atoms with van der Waals surface area (Å²) in [5, 5.41) is 12.0. The second kappa shape index (κ2) is 8.19. The topological polar surface area (TPSA) is 56.1 Å². The van der Waals surface area contributed by atoms with E-state index < -0.39 is 0 Å². The molecule has 0 spiro atoms. The molecule has 0 radical (unpaired) electrons. The lowest BCUT2D eigenvalue weighted by atomic mass is 9.95. The number of benzene rings is 1. The van der Waals surface area contributed by atoms with E-state index in [1.165, 1.54) is 0 Å². The van der Waals surface area contributed by atoms with Crippen molar-refractivity contribution in [3.8, 4) is 6.07 Å². The number of nitrogens with one attached hydrogen (secondary N) is 1. The number of unbranched alkanes of at least 4 members (excludes halogenated alkanes) is 1. The second-order valence-corrected chi connectivity index (χ2v) is 6.54. The molecule has 4 nitrogen and oxygen atoms in total. The second-order valence-electron chi connectivity index (χ2n) is 5.68. The third-order valence-electron chi connectivity index (χ3n) is 4.11. The Hall–Kier alpha value is -1.54. The monoisotopic (exact) mass is 363 g/mol. The van der Waals surface area contributed by atoms with Gasteiger partial charge in [0.1, 0.15) is 0 Å². The zero-order chi connectivity index (χ0) is 15.9. The van der Waals surface area contributed by atoms with Crippen molar-refractivity contribution in [3.63, 3.8) is 0 Å². The van der Waals surface area contributed by atoms with Crippen LogP contribution >= 0.6 is 15.9 Å². The minimum absolute atomic E-state index is 0.130. The molecule has 1 fully saturated rings. The molecule has 2 rings (SSSR count). The molecule has 0 unspecified atom stereocenters. The van der Waals surface area contributed by atoms with Crippen LogP contribution in [0, 0.1) is 17.2 Å².